The molecular weight excluding hydrogens is 278 g/mol. The Labute approximate surface area is 133 Å². The van der Waals surface area contributed by atoms with Gasteiger partial charge in [-0.15, -0.1) is 0 Å². The molecule has 0 aromatic heterocycles. The molecule has 4 nitrogen and oxygen atoms in total. The van der Waals surface area contributed by atoms with E-state index >= 15 is 0 Å². The average molecular weight is 305 g/mol. The highest BCUT2D eigenvalue weighted by atomic mass is 16.5. The molecule has 122 valence electrons. The summed E-state index contributed by atoms with van der Waals surface area (Å²) >= 11 is 0. The molecule has 1 aliphatic carbocycles. The second-order valence-electron chi connectivity index (χ2n) is 5.99. The molecule has 1 aromatic rings. The summed E-state index contributed by atoms with van der Waals surface area (Å²) in [6, 6.07) is 8.33. The van der Waals surface area contributed by atoms with Crippen molar-refractivity contribution >= 4 is 11.7 Å². The zero-order valence-corrected chi connectivity index (χ0v) is 13.6. The molecule has 0 aliphatic heterocycles. The fourth-order valence-corrected chi connectivity index (χ4v) is 3.24. The van der Waals surface area contributed by atoms with Gasteiger partial charge >= 0.3 is 5.97 Å². The minimum absolute atomic E-state index is 0.00333. The predicted octanol–water partition coefficient (Wildman–Crippen LogP) is 3.44. The number of esters is 1. The van der Waals surface area contributed by atoms with Gasteiger partial charge in [0.05, 0.1) is 19.1 Å². The summed E-state index contributed by atoms with van der Waals surface area (Å²) in [5.74, 6) is -0.356. The van der Waals surface area contributed by atoms with E-state index in [1.54, 1.807) is 6.92 Å². The van der Waals surface area contributed by atoms with E-state index in [1.807, 2.05) is 24.3 Å². The Bertz CT molecular complexity index is 483. The van der Waals surface area contributed by atoms with Crippen molar-refractivity contribution in [2.45, 2.75) is 57.6 Å². The zero-order chi connectivity index (χ0) is 15.9. The highest BCUT2D eigenvalue weighted by molar-refractivity contribution is 5.71. The smallest absolute Gasteiger partial charge is 0.308 e. The average Bonchev–Trinajstić information content (AvgIpc) is 2.55. The van der Waals surface area contributed by atoms with E-state index in [0.29, 0.717) is 12.6 Å². The summed E-state index contributed by atoms with van der Waals surface area (Å²) in [7, 11) is 2.09. The van der Waals surface area contributed by atoms with Gasteiger partial charge in [0, 0.05) is 24.3 Å². The van der Waals surface area contributed by atoms with Gasteiger partial charge in [-0.2, -0.15) is 0 Å². The Morgan fingerprint density at radius 3 is 2.68 bits per heavy atom. The molecule has 4 heteroatoms. The lowest BCUT2D eigenvalue weighted by atomic mass is 9.93. The third kappa shape index (κ3) is 4.23. The molecular formula is C18H27NO3. The third-order valence-corrected chi connectivity index (χ3v) is 4.46. The van der Waals surface area contributed by atoms with Gasteiger partial charge in [-0.1, -0.05) is 37.5 Å². The van der Waals surface area contributed by atoms with E-state index in [1.165, 1.54) is 32.1 Å². The van der Waals surface area contributed by atoms with Crippen LogP contribution < -0.4 is 4.90 Å². The first kappa shape index (κ1) is 16.8. The number of aliphatic hydroxyl groups is 1. The number of anilines is 1. The van der Waals surface area contributed by atoms with E-state index in [9.17, 15) is 9.90 Å². The minimum atomic E-state index is -0.818. The topological polar surface area (TPSA) is 49.8 Å². The number of benzene rings is 1. The number of nitrogens with zero attached hydrogens (tertiary/aromatic N) is 1. The molecule has 0 saturated heterocycles. The van der Waals surface area contributed by atoms with Crippen molar-refractivity contribution in [3.8, 4) is 0 Å². The number of para-hydroxylation sites is 1. The van der Waals surface area contributed by atoms with Crippen LogP contribution in [0.25, 0.3) is 0 Å². The quantitative estimate of drug-likeness (QED) is 0.818. The molecule has 1 saturated carbocycles. The number of hydrogen-bond acceptors (Lipinski definition) is 4. The van der Waals surface area contributed by atoms with Crippen molar-refractivity contribution in [3.63, 3.8) is 0 Å². The van der Waals surface area contributed by atoms with Gasteiger partial charge in [-0.25, -0.2) is 0 Å². The second-order valence-corrected chi connectivity index (χ2v) is 5.99. The summed E-state index contributed by atoms with van der Waals surface area (Å²) in [6.07, 6.45) is 5.42. The van der Waals surface area contributed by atoms with E-state index < -0.39 is 6.10 Å². The number of hydrogen-bond donors (Lipinski definition) is 1. The van der Waals surface area contributed by atoms with E-state index in [-0.39, 0.29) is 12.4 Å². The van der Waals surface area contributed by atoms with Gasteiger partial charge in [0.15, 0.2) is 0 Å². The monoisotopic (exact) mass is 305 g/mol. The van der Waals surface area contributed by atoms with Gasteiger partial charge < -0.3 is 14.7 Å². The fourth-order valence-electron chi connectivity index (χ4n) is 3.24. The molecule has 1 aliphatic rings. The summed E-state index contributed by atoms with van der Waals surface area (Å²) in [5.41, 5.74) is 1.83. The van der Waals surface area contributed by atoms with Crippen LogP contribution in [0.2, 0.25) is 0 Å². The molecule has 1 aromatic carbocycles. The van der Waals surface area contributed by atoms with Gasteiger partial charge in [-0.05, 0) is 25.8 Å². The molecule has 2 rings (SSSR count). The van der Waals surface area contributed by atoms with Crippen LogP contribution in [-0.2, 0) is 9.53 Å². The molecule has 0 radical (unpaired) electrons. The Hall–Kier alpha value is -1.55. The fraction of sp³-hybridized carbons (Fsp3) is 0.611. The number of carbonyl (C=O) groups excluding carboxylic acids is 1. The first-order valence-corrected chi connectivity index (χ1v) is 8.29. The molecule has 0 amide bonds. The lowest BCUT2D eigenvalue weighted by Crippen LogP contribution is -2.34. The molecule has 0 bridgehead atoms. The first-order chi connectivity index (χ1) is 10.6. The SMILES string of the molecule is CCOC(=O)CC(O)c1ccccc1N(C)C1CCCCC1. The van der Waals surface area contributed by atoms with Crippen LogP contribution in [0.15, 0.2) is 24.3 Å². The summed E-state index contributed by atoms with van der Waals surface area (Å²) in [6.45, 7) is 2.12. The molecule has 22 heavy (non-hydrogen) atoms. The largest absolute Gasteiger partial charge is 0.466 e. The predicted molar refractivity (Wildman–Crippen MR) is 87.9 cm³/mol. The maximum absolute atomic E-state index is 11.6. The lowest BCUT2D eigenvalue weighted by Gasteiger charge is -2.34. The molecule has 1 fully saturated rings. The maximum atomic E-state index is 11.6. The third-order valence-electron chi connectivity index (χ3n) is 4.46. The molecule has 1 atom stereocenters. The Morgan fingerprint density at radius 2 is 2.00 bits per heavy atom. The van der Waals surface area contributed by atoms with Crippen LogP contribution in [0.1, 0.15) is 57.1 Å². The zero-order valence-electron chi connectivity index (χ0n) is 13.6. The van der Waals surface area contributed by atoms with Crippen LogP contribution in [-0.4, -0.2) is 30.8 Å². The Morgan fingerprint density at radius 1 is 1.32 bits per heavy atom. The molecule has 1 N–H and O–H groups in total. The summed E-state index contributed by atoms with van der Waals surface area (Å²) in [4.78, 5) is 13.9. The highest BCUT2D eigenvalue weighted by Crippen LogP contribution is 2.32. The molecule has 0 spiro atoms. The standard InChI is InChI=1S/C18H27NO3/c1-3-22-18(21)13-17(20)15-11-7-8-12-16(15)19(2)14-9-5-4-6-10-14/h7-8,11-12,14,17,20H,3-6,9-10,13H2,1-2H3. The minimum Gasteiger partial charge on any atom is -0.466 e. The van der Waals surface area contributed by atoms with Crippen LogP contribution in [0.3, 0.4) is 0 Å². The van der Waals surface area contributed by atoms with Crippen molar-refractivity contribution in [2.24, 2.45) is 0 Å². The first-order valence-electron chi connectivity index (χ1n) is 8.29. The van der Waals surface area contributed by atoms with Crippen molar-refractivity contribution < 1.29 is 14.6 Å². The van der Waals surface area contributed by atoms with Crippen molar-refractivity contribution in [1.82, 2.24) is 0 Å². The normalized spacial score (nSPS) is 17.0. The van der Waals surface area contributed by atoms with Gasteiger partial charge in [0.2, 0.25) is 0 Å². The molecule has 0 heterocycles. The summed E-state index contributed by atoms with van der Waals surface area (Å²) in [5, 5.41) is 10.4. The maximum Gasteiger partial charge on any atom is 0.308 e. The van der Waals surface area contributed by atoms with Crippen LogP contribution in [0, 0.1) is 0 Å². The second kappa shape index (κ2) is 8.18. The van der Waals surface area contributed by atoms with Crippen LogP contribution in [0.4, 0.5) is 5.69 Å². The van der Waals surface area contributed by atoms with Crippen molar-refractivity contribution in [3.05, 3.63) is 29.8 Å². The number of aliphatic hydroxyl groups excluding tert-OH is 1. The molecule has 1 unspecified atom stereocenters. The lowest BCUT2D eigenvalue weighted by molar-refractivity contribution is -0.145. The van der Waals surface area contributed by atoms with Gasteiger partial charge in [0.25, 0.3) is 0 Å². The van der Waals surface area contributed by atoms with Crippen LogP contribution >= 0.6 is 0 Å². The highest BCUT2D eigenvalue weighted by Gasteiger charge is 2.23. The Balaban J connectivity index is 2.13. The Kier molecular flexibility index (Phi) is 6.25. The van der Waals surface area contributed by atoms with Gasteiger partial charge in [0.1, 0.15) is 0 Å². The number of carbonyl (C=O) groups is 1. The van der Waals surface area contributed by atoms with Crippen molar-refractivity contribution in [2.75, 3.05) is 18.6 Å². The van der Waals surface area contributed by atoms with E-state index in [2.05, 4.69) is 11.9 Å². The van der Waals surface area contributed by atoms with Gasteiger partial charge in [-0.3, -0.25) is 4.79 Å². The summed E-state index contributed by atoms with van der Waals surface area (Å²) < 4.78 is 4.94. The van der Waals surface area contributed by atoms with Crippen LogP contribution in [0.5, 0.6) is 0 Å². The number of rotatable bonds is 6. The number of ether oxygens (including phenoxy) is 1. The van der Waals surface area contributed by atoms with E-state index in [0.717, 1.165) is 11.3 Å². The van der Waals surface area contributed by atoms with E-state index in [4.69, 9.17) is 4.74 Å². The van der Waals surface area contributed by atoms with Crippen molar-refractivity contribution in [1.29, 1.82) is 0 Å².